The molecule has 0 spiro atoms. The summed E-state index contributed by atoms with van der Waals surface area (Å²) in [7, 11) is -4.43. The zero-order chi connectivity index (χ0) is 36.7. The van der Waals surface area contributed by atoms with Gasteiger partial charge in [-0.25, -0.2) is 13.6 Å². The molecule has 270 valence electrons. The zero-order valence-electron chi connectivity index (χ0n) is 29.1. The van der Waals surface area contributed by atoms with Crippen molar-refractivity contribution in [2.75, 3.05) is 26.9 Å². The van der Waals surface area contributed by atoms with Crippen LogP contribution in [-0.4, -0.2) is 46.2 Å². The summed E-state index contributed by atoms with van der Waals surface area (Å²) >= 11 is 0. The van der Waals surface area contributed by atoms with Crippen molar-refractivity contribution >= 4 is 61.7 Å². The molecule has 7 aromatic rings. The van der Waals surface area contributed by atoms with Crippen molar-refractivity contribution in [2.45, 2.75) is 31.2 Å². The van der Waals surface area contributed by atoms with Crippen molar-refractivity contribution in [1.29, 1.82) is 0 Å². The molecule has 1 heterocycles. The molecule has 4 N–H and O–H groups in total. The van der Waals surface area contributed by atoms with Crippen LogP contribution < -0.4 is 24.7 Å². The van der Waals surface area contributed by atoms with Crippen molar-refractivity contribution in [3.05, 3.63) is 121 Å². The molecule has 1 aromatic heterocycles. The van der Waals surface area contributed by atoms with Crippen molar-refractivity contribution in [3.8, 4) is 17.2 Å². The van der Waals surface area contributed by atoms with Crippen LogP contribution in [0.1, 0.15) is 19.4 Å². The molecule has 0 amide bonds. The molecule has 0 aliphatic carbocycles. The quantitative estimate of drug-likeness (QED) is 0.111. The number of sulfonamides is 1. The first-order valence-corrected chi connectivity index (χ1v) is 19.5. The third-order valence-corrected chi connectivity index (χ3v) is 10.1. The van der Waals surface area contributed by atoms with Crippen molar-refractivity contribution in [1.82, 2.24) is 5.32 Å². The van der Waals surface area contributed by atoms with Gasteiger partial charge in [0.25, 0.3) is 0 Å². The Bertz CT molecular complexity index is 2390. The maximum atomic E-state index is 11.7. The molecular formula is C40H41N2O8PS. The number of fused-ring (bicyclic) bond motifs is 7. The Hall–Kier alpha value is -5.03. The van der Waals surface area contributed by atoms with Gasteiger partial charge in [0.2, 0.25) is 10.0 Å². The molecule has 0 bridgehead atoms. The second-order valence-corrected chi connectivity index (χ2v) is 14.4. The van der Waals surface area contributed by atoms with Crippen LogP contribution in [0.3, 0.4) is 0 Å². The summed E-state index contributed by atoms with van der Waals surface area (Å²) in [6.07, 6.45) is 0.641. The first-order chi connectivity index (χ1) is 25.2. The monoisotopic (exact) mass is 740 g/mol. The predicted octanol–water partition coefficient (Wildman–Crippen LogP) is 8.69. The Kier molecular flexibility index (Phi) is 11.7. The fourth-order valence-corrected chi connectivity index (χ4v) is 7.59. The largest absolute Gasteiger partial charge is 0.495 e. The van der Waals surface area contributed by atoms with Crippen LogP contribution in [0.5, 0.6) is 17.2 Å². The van der Waals surface area contributed by atoms with Crippen molar-refractivity contribution in [3.63, 3.8) is 0 Å². The van der Waals surface area contributed by atoms with Gasteiger partial charge in [-0.05, 0) is 83.8 Å². The van der Waals surface area contributed by atoms with Crippen LogP contribution in [0.2, 0.25) is 0 Å². The third kappa shape index (κ3) is 8.53. The number of rotatable bonds is 11. The number of para-hydroxylation sites is 2. The van der Waals surface area contributed by atoms with Gasteiger partial charge in [-0.2, -0.15) is 0 Å². The standard InChI is InChI=1S/C20H28N2O5S.C20H13O3P/c1-4-26-17-7-5-6-8-18(17)27-12-11-22-15(2)13-16-9-10-19(25-3)20(14-16)28(21,23)24;21-24-22-17-11-9-13-5-1-3-7-15(13)19(17)20-16-8-4-2-6-14(16)10-12-18(20)23-24/h5-10,14-15,22H,4,11-13H2,1-3H3,(H2,21,23,24);1-12,21H/t15-;/m1./s1. The summed E-state index contributed by atoms with van der Waals surface area (Å²) in [4.78, 5) is 10.1. The molecule has 1 atom stereocenters. The minimum absolute atomic E-state index is 0.00411. The highest BCUT2D eigenvalue weighted by molar-refractivity contribution is 7.89. The van der Waals surface area contributed by atoms with Gasteiger partial charge < -0.3 is 27.9 Å². The van der Waals surface area contributed by atoms with E-state index >= 15 is 0 Å². The fourth-order valence-electron chi connectivity index (χ4n) is 6.16. The number of primary sulfonamides is 1. The molecule has 0 fully saturated rings. The first-order valence-electron chi connectivity index (χ1n) is 16.8. The van der Waals surface area contributed by atoms with Crippen LogP contribution in [0, 0.1) is 0 Å². The molecule has 0 aliphatic rings. The zero-order valence-corrected chi connectivity index (χ0v) is 30.8. The van der Waals surface area contributed by atoms with E-state index in [-0.39, 0.29) is 16.7 Å². The number of methoxy groups -OCH3 is 1. The number of nitrogens with one attached hydrogen (secondary N) is 1. The average molecular weight is 741 g/mol. The lowest BCUT2D eigenvalue weighted by atomic mass is 9.99. The lowest BCUT2D eigenvalue weighted by molar-refractivity contribution is 0.272. The molecule has 0 saturated carbocycles. The van der Waals surface area contributed by atoms with Crippen molar-refractivity contribution in [2.24, 2.45) is 5.14 Å². The second kappa shape index (κ2) is 16.5. The molecule has 7 rings (SSSR count). The summed E-state index contributed by atoms with van der Waals surface area (Å²) in [6.45, 7) is 5.66. The smallest absolute Gasteiger partial charge is 0.384 e. The molecule has 0 aliphatic heterocycles. The topological polar surface area (TPSA) is 146 Å². The Balaban J connectivity index is 0.000000180. The minimum atomic E-state index is -3.84. The average Bonchev–Trinajstić information content (AvgIpc) is 3.29. The molecule has 0 unspecified atom stereocenters. The number of hydrogen-bond acceptors (Lipinski definition) is 9. The van der Waals surface area contributed by atoms with Gasteiger partial charge in [0, 0.05) is 23.4 Å². The molecule has 52 heavy (non-hydrogen) atoms. The molecule has 10 nitrogen and oxygen atoms in total. The Labute approximate surface area is 303 Å². The lowest BCUT2D eigenvalue weighted by Gasteiger charge is -2.16. The predicted molar refractivity (Wildman–Crippen MR) is 208 cm³/mol. The number of hydrogen-bond donors (Lipinski definition) is 3. The second-order valence-electron chi connectivity index (χ2n) is 12.1. The molecule has 0 radical (unpaired) electrons. The van der Waals surface area contributed by atoms with E-state index in [0.29, 0.717) is 43.1 Å². The lowest BCUT2D eigenvalue weighted by Crippen LogP contribution is -2.32. The number of ether oxygens (including phenoxy) is 3. The summed E-state index contributed by atoms with van der Waals surface area (Å²) in [6, 6.07) is 36.9. The van der Waals surface area contributed by atoms with Gasteiger partial charge in [0.05, 0.1) is 13.7 Å². The Morgan fingerprint density at radius 1 is 0.769 bits per heavy atom. The Morgan fingerprint density at radius 3 is 1.88 bits per heavy atom. The maximum absolute atomic E-state index is 11.7. The van der Waals surface area contributed by atoms with E-state index in [1.807, 2.05) is 92.7 Å². The van der Waals surface area contributed by atoms with Gasteiger partial charge in [-0.15, -0.1) is 0 Å². The van der Waals surface area contributed by atoms with Crippen LogP contribution in [0.25, 0.3) is 43.5 Å². The van der Waals surface area contributed by atoms with Crippen LogP contribution in [0.15, 0.2) is 129 Å². The molecular weight excluding hydrogens is 699 g/mol. The van der Waals surface area contributed by atoms with Crippen molar-refractivity contribution < 1.29 is 35.9 Å². The normalized spacial score (nSPS) is 12.0. The SMILES string of the molecule is CCOc1ccccc1OCCN[C@H](C)Cc1ccc(OC)c(S(N)(=O)=O)c1.Op1oc2ccc3ccccc3c2c2c(ccc3ccccc32)o1. The summed E-state index contributed by atoms with van der Waals surface area (Å²) < 4.78 is 51.2. The van der Waals surface area contributed by atoms with Gasteiger partial charge in [-0.3, -0.25) is 4.89 Å². The van der Waals surface area contributed by atoms with Gasteiger partial charge >= 0.3 is 8.24 Å². The summed E-state index contributed by atoms with van der Waals surface area (Å²) in [5.41, 5.74) is 2.15. The minimum Gasteiger partial charge on any atom is -0.495 e. The first kappa shape index (κ1) is 36.8. The maximum Gasteiger partial charge on any atom is 0.384 e. The molecule has 12 heteroatoms. The van der Waals surface area contributed by atoms with E-state index in [2.05, 4.69) is 29.6 Å². The van der Waals surface area contributed by atoms with E-state index in [4.69, 9.17) is 27.7 Å². The number of benzene rings is 6. The van der Waals surface area contributed by atoms with Crippen LogP contribution in [0.4, 0.5) is 0 Å². The van der Waals surface area contributed by atoms with E-state index in [9.17, 15) is 13.3 Å². The van der Waals surface area contributed by atoms with Gasteiger partial charge in [0.1, 0.15) is 28.4 Å². The highest BCUT2D eigenvalue weighted by atomic mass is 32.2. The molecule has 6 aromatic carbocycles. The van der Waals surface area contributed by atoms with Gasteiger partial charge in [-0.1, -0.05) is 78.9 Å². The van der Waals surface area contributed by atoms with Crippen LogP contribution >= 0.6 is 8.24 Å². The van der Waals surface area contributed by atoms with Gasteiger partial charge in [0.15, 0.2) is 11.5 Å². The summed E-state index contributed by atoms with van der Waals surface area (Å²) in [5, 5.41) is 15.0. The fraction of sp³-hybridized carbons (Fsp3) is 0.200. The van der Waals surface area contributed by atoms with E-state index < -0.39 is 18.3 Å². The summed E-state index contributed by atoms with van der Waals surface area (Å²) in [5.74, 6) is 1.69. The number of nitrogens with two attached hydrogens (primary N) is 1. The van der Waals surface area contributed by atoms with E-state index in [1.54, 1.807) is 12.1 Å². The molecule has 0 saturated heterocycles. The highest BCUT2D eigenvalue weighted by Gasteiger charge is 2.17. The highest BCUT2D eigenvalue weighted by Crippen LogP contribution is 2.39. The Morgan fingerprint density at radius 2 is 1.33 bits per heavy atom. The van der Waals surface area contributed by atoms with Crippen LogP contribution in [-0.2, 0) is 16.4 Å². The van der Waals surface area contributed by atoms with E-state index in [1.165, 1.54) is 7.11 Å². The van der Waals surface area contributed by atoms with E-state index in [0.717, 1.165) is 43.6 Å². The third-order valence-electron chi connectivity index (χ3n) is 8.46.